The maximum atomic E-state index is 12.4. The Morgan fingerprint density at radius 1 is 1.39 bits per heavy atom. The van der Waals surface area contributed by atoms with Gasteiger partial charge in [-0.15, -0.1) is 0 Å². The van der Waals surface area contributed by atoms with Crippen LogP contribution in [-0.4, -0.2) is 48.1 Å². The number of rotatable bonds is 6. The molecule has 1 N–H and O–H groups in total. The van der Waals surface area contributed by atoms with E-state index in [-0.39, 0.29) is 29.1 Å². The van der Waals surface area contributed by atoms with Crippen LogP contribution in [0.25, 0.3) is 11.0 Å². The molecule has 1 aromatic carbocycles. The average molecular weight is 355 g/mol. The van der Waals surface area contributed by atoms with Gasteiger partial charge in [-0.05, 0) is 25.0 Å². The van der Waals surface area contributed by atoms with Crippen molar-refractivity contribution in [3.63, 3.8) is 0 Å². The van der Waals surface area contributed by atoms with E-state index in [2.05, 4.69) is 14.1 Å². The fourth-order valence-electron chi connectivity index (χ4n) is 2.49. The van der Waals surface area contributed by atoms with Gasteiger partial charge in [0.25, 0.3) is 0 Å². The summed E-state index contributed by atoms with van der Waals surface area (Å²) in [6.45, 7) is 1.16. The third kappa shape index (κ3) is 3.85. The number of carbonyl (C=O) groups excluding carboxylic acids is 1. The van der Waals surface area contributed by atoms with Crippen molar-refractivity contribution in [3.8, 4) is 0 Å². The summed E-state index contributed by atoms with van der Waals surface area (Å²) >= 11 is 0.972. The van der Waals surface area contributed by atoms with E-state index in [1.807, 2.05) is 0 Å². The summed E-state index contributed by atoms with van der Waals surface area (Å²) < 4.78 is 38.4. The highest BCUT2D eigenvalue weighted by Crippen LogP contribution is 2.22. The molecule has 0 bridgehead atoms. The van der Waals surface area contributed by atoms with Crippen molar-refractivity contribution < 1.29 is 17.9 Å². The van der Waals surface area contributed by atoms with E-state index in [9.17, 15) is 13.2 Å². The quantitative estimate of drug-likeness (QED) is 0.835. The van der Waals surface area contributed by atoms with Crippen LogP contribution in [0.2, 0.25) is 0 Å². The van der Waals surface area contributed by atoms with Gasteiger partial charge in [-0.25, -0.2) is 8.42 Å². The number of aromatic nitrogens is 2. The molecule has 0 aliphatic carbocycles. The van der Waals surface area contributed by atoms with Crippen molar-refractivity contribution in [3.05, 3.63) is 18.2 Å². The SMILES string of the molecule is O=C(CCS(=O)(=O)c1cccc2nsnc12)NCC1CCCO1. The number of ether oxygens (including phenoxy) is 1. The maximum absolute atomic E-state index is 12.4. The summed E-state index contributed by atoms with van der Waals surface area (Å²) in [6.07, 6.45) is 1.89. The monoisotopic (exact) mass is 355 g/mol. The molecule has 2 aromatic rings. The molecule has 1 aromatic heterocycles. The number of carbonyl (C=O) groups is 1. The smallest absolute Gasteiger partial charge is 0.221 e. The predicted molar refractivity (Wildman–Crippen MR) is 86.1 cm³/mol. The lowest BCUT2D eigenvalue weighted by molar-refractivity contribution is -0.121. The molecule has 1 aliphatic rings. The van der Waals surface area contributed by atoms with Gasteiger partial charge < -0.3 is 10.1 Å². The van der Waals surface area contributed by atoms with E-state index in [0.29, 0.717) is 17.6 Å². The lowest BCUT2D eigenvalue weighted by Gasteiger charge is -2.11. The first-order valence-electron chi connectivity index (χ1n) is 7.38. The number of amides is 1. The summed E-state index contributed by atoms with van der Waals surface area (Å²) in [5.41, 5.74) is 0.927. The fraction of sp³-hybridized carbons (Fsp3) is 0.500. The molecule has 1 unspecified atom stereocenters. The Morgan fingerprint density at radius 2 is 2.26 bits per heavy atom. The van der Waals surface area contributed by atoms with Crippen LogP contribution in [0.1, 0.15) is 19.3 Å². The number of nitrogens with zero attached hydrogens (tertiary/aromatic N) is 2. The van der Waals surface area contributed by atoms with Crippen LogP contribution in [-0.2, 0) is 19.4 Å². The van der Waals surface area contributed by atoms with Crippen molar-refractivity contribution in [2.45, 2.75) is 30.3 Å². The van der Waals surface area contributed by atoms with E-state index >= 15 is 0 Å². The van der Waals surface area contributed by atoms with Gasteiger partial charge in [-0.1, -0.05) is 6.07 Å². The zero-order valence-corrected chi connectivity index (χ0v) is 14.0. The Kier molecular flexibility index (Phi) is 4.88. The first-order valence-corrected chi connectivity index (χ1v) is 9.77. The molecule has 0 saturated carbocycles. The molecule has 1 aliphatic heterocycles. The fourth-order valence-corrected chi connectivity index (χ4v) is 4.50. The highest BCUT2D eigenvalue weighted by atomic mass is 32.2. The van der Waals surface area contributed by atoms with Crippen LogP contribution in [0.3, 0.4) is 0 Å². The molecule has 1 fully saturated rings. The second-order valence-electron chi connectivity index (χ2n) is 5.40. The topological polar surface area (TPSA) is 98.2 Å². The summed E-state index contributed by atoms with van der Waals surface area (Å²) in [5.74, 6) is -0.534. The number of nitrogens with one attached hydrogen (secondary N) is 1. The number of hydrogen-bond acceptors (Lipinski definition) is 7. The highest BCUT2D eigenvalue weighted by Gasteiger charge is 2.22. The lowest BCUT2D eigenvalue weighted by atomic mass is 10.2. The standard InChI is InChI=1S/C14H17N3O4S2/c18-13(15-9-10-3-2-7-21-10)6-8-23(19,20)12-5-1-4-11-14(12)17-22-16-11/h1,4-5,10H,2-3,6-9H2,(H,15,18). The summed E-state index contributed by atoms with van der Waals surface area (Å²) in [7, 11) is -3.58. The van der Waals surface area contributed by atoms with Gasteiger partial charge in [0, 0.05) is 19.6 Å². The molecule has 9 heteroatoms. The van der Waals surface area contributed by atoms with E-state index in [4.69, 9.17) is 4.74 Å². The maximum Gasteiger partial charge on any atom is 0.221 e. The summed E-state index contributed by atoms with van der Waals surface area (Å²) in [6, 6.07) is 4.85. The van der Waals surface area contributed by atoms with Crippen LogP contribution in [0.15, 0.2) is 23.1 Å². The minimum absolute atomic E-state index is 0.0467. The molecule has 3 rings (SSSR count). The summed E-state index contributed by atoms with van der Waals surface area (Å²) in [5, 5.41) is 2.73. The van der Waals surface area contributed by atoms with Crippen LogP contribution in [0.4, 0.5) is 0 Å². The highest BCUT2D eigenvalue weighted by molar-refractivity contribution is 7.91. The third-order valence-corrected chi connectivity index (χ3v) is 6.02. The lowest BCUT2D eigenvalue weighted by Crippen LogP contribution is -2.32. The van der Waals surface area contributed by atoms with E-state index in [1.165, 1.54) is 6.07 Å². The van der Waals surface area contributed by atoms with Crippen LogP contribution in [0.5, 0.6) is 0 Å². The minimum Gasteiger partial charge on any atom is -0.376 e. The normalized spacial score (nSPS) is 18.3. The van der Waals surface area contributed by atoms with Crippen molar-refractivity contribution in [2.24, 2.45) is 0 Å². The Balaban J connectivity index is 1.60. The number of benzene rings is 1. The van der Waals surface area contributed by atoms with E-state index in [0.717, 1.165) is 31.2 Å². The second-order valence-corrected chi connectivity index (χ2v) is 8.00. The molecule has 1 amide bonds. The Labute approximate surface area is 138 Å². The average Bonchev–Trinajstić information content (AvgIpc) is 3.21. The molecule has 1 atom stereocenters. The Bertz CT molecular complexity index is 797. The first-order chi connectivity index (χ1) is 11.1. The molecule has 124 valence electrons. The van der Waals surface area contributed by atoms with Gasteiger partial charge in [0.2, 0.25) is 5.91 Å². The second kappa shape index (κ2) is 6.90. The van der Waals surface area contributed by atoms with Gasteiger partial charge in [-0.3, -0.25) is 4.79 Å². The first kappa shape index (κ1) is 16.3. The Hall–Kier alpha value is -1.58. The van der Waals surface area contributed by atoms with Gasteiger partial charge in [0.1, 0.15) is 11.0 Å². The largest absolute Gasteiger partial charge is 0.376 e. The van der Waals surface area contributed by atoms with E-state index in [1.54, 1.807) is 12.1 Å². The van der Waals surface area contributed by atoms with Gasteiger partial charge in [0.15, 0.2) is 9.84 Å². The number of fused-ring (bicyclic) bond motifs is 1. The molecule has 2 heterocycles. The predicted octanol–water partition coefficient (Wildman–Crippen LogP) is 1.15. The number of sulfone groups is 1. The van der Waals surface area contributed by atoms with Crippen molar-refractivity contribution in [1.29, 1.82) is 0 Å². The van der Waals surface area contributed by atoms with Crippen LogP contribution in [0, 0.1) is 0 Å². The third-order valence-electron chi connectivity index (χ3n) is 3.73. The number of hydrogen-bond donors (Lipinski definition) is 1. The van der Waals surface area contributed by atoms with Crippen molar-refractivity contribution >= 4 is 38.5 Å². The molecule has 0 spiro atoms. The van der Waals surface area contributed by atoms with Gasteiger partial charge in [-0.2, -0.15) is 8.75 Å². The molecular formula is C14H17N3O4S2. The van der Waals surface area contributed by atoms with Crippen molar-refractivity contribution in [1.82, 2.24) is 14.1 Å². The Morgan fingerprint density at radius 3 is 3.04 bits per heavy atom. The van der Waals surface area contributed by atoms with Crippen LogP contribution >= 0.6 is 11.7 Å². The molecule has 1 saturated heterocycles. The zero-order valence-electron chi connectivity index (χ0n) is 12.4. The van der Waals surface area contributed by atoms with Crippen molar-refractivity contribution in [2.75, 3.05) is 18.9 Å². The summed E-state index contributed by atoms with van der Waals surface area (Å²) in [4.78, 5) is 12.0. The minimum atomic E-state index is -3.58. The molecular weight excluding hydrogens is 338 g/mol. The van der Waals surface area contributed by atoms with Gasteiger partial charge in [0.05, 0.1) is 28.5 Å². The van der Waals surface area contributed by atoms with Crippen LogP contribution < -0.4 is 5.32 Å². The molecule has 23 heavy (non-hydrogen) atoms. The van der Waals surface area contributed by atoms with Gasteiger partial charge >= 0.3 is 0 Å². The van der Waals surface area contributed by atoms with E-state index < -0.39 is 9.84 Å². The molecule has 0 radical (unpaired) electrons. The zero-order chi connectivity index (χ0) is 16.3. The molecule has 7 nitrogen and oxygen atoms in total.